The van der Waals surface area contributed by atoms with Crippen molar-refractivity contribution in [3.63, 3.8) is 0 Å². The van der Waals surface area contributed by atoms with Crippen LogP contribution in [0.2, 0.25) is 0 Å². The highest BCUT2D eigenvalue weighted by Crippen LogP contribution is 2.33. The fourth-order valence-corrected chi connectivity index (χ4v) is 2.18. The summed E-state index contributed by atoms with van der Waals surface area (Å²) in [6.07, 6.45) is 0. The number of nitro benzene ring substituents is 1. The Hall–Kier alpha value is -0.370. The van der Waals surface area contributed by atoms with Crippen LogP contribution in [0.3, 0.4) is 0 Å². The molecule has 0 heterocycles. The molecule has 1 aromatic carbocycles. The minimum absolute atomic E-state index is 0.284. The molecule has 0 aliphatic carbocycles. The van der Waals surface area contributed by atoms with Gasteiger partial charge in [0.15, 0.2) is 0 Å². The Morgan fingerprint density at radius 3 is 2.67 bits per heavy atom. The molecule has 0 radical (unpaired) electrons. The molecule has 0 aromatic heterocycles. The van der Waals surface area contributed by atoms with Gasteiger partial charge in [-0.15, -0.1) is 0 Å². The molecule has 0 fully saturated rings. The third-order valence-electron chi connectivity index (χ3n) is 1.20. The molecule has 6 heteroatoms. The molecule has 0 spiro atoms. The number of nitro groups is 1. The molecule has 0 saturated carbocycles. The number of hydrogen-bond donors (Lipinski definition) is 1. The largest absolute Gasteiger partial charge is 0.501 e. The first-order valence-electron chi connectivity index (χ1n) is 2.85. The van der Waals surface area contributed by atoms with Crippen LogP contribution in [-0.2, 0) is 0 Å². The second-order valence-electron chi connectivity index (χ2n) is 2.01. The van der Waals surface area contributed by atoms with Crippen LogP contribution in [0.4, 0.5) is 5.69 Å². The lowest BCUT2D eigenvalue weighted by atomic mass is 10.3. The first-order valence-corrected chi connectivity index (χ1v) is 4.72. The molecule has 0 aliphatic heterocycles. The average molecular weight is 344 g/mol. The number of halogens is 2. The van der Waals surface area contributed by atoms with Gasteiger partial charge in [0.1, 0.15) is 0 Å². The highest BCUT2D eigenvalue weighted by Gasteiger charge is 2.16. The summed E-state index contributed by atoms with van der Waals surface area (Å²) in [5.74, 6) is -0.288. The molecule has 0 saturated heterocycles. The van der Waals surface area contributed by atoms with E-state index in [-0.39, 0.29) is 11.4 Å². The summed E-state index contributed by atoms with van der Waals surface area (Å²) in [6.45, 7) is 0. The summed E-state index contributed by atoms with van der Waals surface area (Å²) >= 11 is 4.92. The number of benzene rings is 1. The van der Waals surface area contributed by atoms with Gasteiger partial charge in [0, 0.05) is 10.5 Å². The molecule has 0 aliphatic rings. The zero-order valence-corrected chi connectivity index (χ0v) is 9.37. The van der Waals surface area contributed by atoms with Crippen molar-refractivity contribution in [2.45, 2.75) is 0 Å². The standard InChI is InChI=1S/C6H3BrINO3/c7-3-1-4(8)6(10)5(2-3)9(11)12/h1-2,10H. The number of nitrogens with zero attached hydrogens (tertiary/aromatic N) is 1. The van der Waals surface area contributed by atoms with E-state index in [4.69, 9.17) is 0 Å². The molecule has 0 atom stereocenters. The molecule has 0 bridgehead atoms. The van der Waals surface area contributed by atoms with Gasteiger partial charge in [-0.2, -0.15) is 0 Å². The van der Waals surface area contributed by atoms with Crippen molar-refractivity contribution in [2.24, 2.45) is 0 Å². The maximum absolute atomic E-state index is 10.3. The first kappa shape index (κ1) is 9.72. The third-order valence-corrected chi connectivity index (χ3v) is 2.48. The molecule has 4 nitrogen and oxygen atoms in total. The highest BCUT2D eigenvalue weighted by atomic mass is 127. The van der Waals surface area contributed by atoms with Crippen LogP contribution in [0.1, 0.15) is 0 Å². The fourth-order valence-electron chi connectivity index (χ4n) is 0.692. The Balaban J connectivity index is 3.37. The van der Waals surface area contributed by atoms with Gasteiger partial charge in [0.2, 0.25) is 5.75 Å². The molecule has 64 valence electrons. The number of aromatic hydroxyl groups is 1. The van der Waals surface area contributed by atoms with E-state index < -0.39 is 4.92 Å². The Labute approximate surface area is 90.0 Å². The van der Waals surface area contributed by atoms with E-state index in [1.807, 2.05) is 22.6 Å². The lowest BCUT2D eigenvalue weighted by molar-refractivity contribution is -0.386. The van der Waals surface area contributed by atoms with Crippen molar-refractivity contribution in [1.29, 1.82) is 0 Å². The van der Waals surface area contributed by atoms with Crippen LogP contribution < -0.4 is 0 Å². The molecule has 1 N–H and O–H groups in total. The van der Waals surface area contributed by atoms with Crippen molar-refractivity contribution in [3.8, 4) is 5.75 Å². The van der Waals surface area contributed by atoms with Crippen LogP contribution in [0.15, 0.2) is 16.6 Å². The molecule has 0 unspecified atom stereocenters. The Bertz CT molecular complexity index is 342. The van der Waals surface area contributed by atoms with Crippen LogP contribution in [0, 0.1) is 13.7 Å². The zero-order chi connectivity index (χ0) is 9.30. The average Bonchev–Trinajstić information content (AvgIpc) is 1.96. The lowest BCUT2D eigenvalue weighted by Crippen LogP contribution is -1.90. The van der Waals surface area contributed by atoms with Crippen molar-refractivity contribution in [3.05, 3.63) is 30.3 Å². The summed E-state index contributed by atoms with van der Waals surface area (Å²) in [5, 5.41) is 19.6. The predicted octanol–water partition coefficient (Wildman–Crippen LogP) is 2.67. The monoisotopic (exact) mass is 343 g/mol. The molecule has 12 heavy (non-hydrogen) atoms. The smallest absolute Gasteiger partial charge is 0.312 e. The molecular weight excluding hydrogens is 341 g/mol. The zero-order valence-electron chi connectivity index (χ0n) is 5.62. The van der Waals surface area contributed by atoms with Gasteiger partial charge >= 0.3 is 5.69 Å². The van der Waals surface area contributed by atoms with Gasteiger partial charge in [-0.3, -0.25) is 10.1 Å². The number of rotatable bonds is 1. The Kier molecular flexibility index (Phi) is 2.89. The van der Waals surface area contributed by atoms with E-state index in [9.17, 15) is 15.2 Å². The van der Waals surface area contributed by atoms with E-state index in [1.54, 1.807) is 6.07 Å². The van der Waals surface area contributed by atoms with Crippen molar-refractivity contribution in [1.82, 2.24) is 0 Å². The van der Waals surface area contributed by atoms with E-state index in [2.05, 4.69) is 15.9 Å². The fraction of sp³-hybridized carbons (Fsp3) is 0. The summed E-state index contributed by atoms with van der Waals surface area (Å²) in [4.78, 5) is 9.72. The SMILES string of the molecule is O=[N+]([O-])c1cc(Br)cc(I)c1O. The van der Waals surface area contributed by atoms with Crippen molar-refractivity contribution in [2.75, 3.05) is 0 Å². The molecular formula is C6H3BrINO3. The minimum atomic E-state index is -0.623. The van der Waals surface area contributed by atoms with Gasteiger partial charge in [-0.1, -0.05) is 15.9 Å². The minimum Gasteiger partial charge on any atom is -0.501 e. The molecule has 0 amide bonds. The van der Waals surface area contributed by atoms with Crippen molar-refractivity contribution >= 4 is 44.2 Å². The quantitative estimate of drug-likeness (QED) is 0.484. The van der Waals surface area contributed by atoms with E-state index in [0.717, 1.165) is 0 Å². The van der Waals surface area contributed by atoms with E-state index in [0.29, 0.717) is 8.04 Å². The predicted molar refractivity (Wildman–Crippen MR) is 55.2 cm³/mol. The third kappa shape index (κ3) is 1.86. The topological polar surface area (TPSA) is 63.4 Å². The van der Waals surface area contributed by atoms with Crippen LogP contribution in [0.5, 0.6) is 5.75 Å². The molecule has 1 rings (SSSR count). The number of phenolic OH excluding ortho intramolecular Hbond substituents is 1. The summed E-state index contributed by atoms with van der Waals surface area (Å²) < 4.78 is 1.03. The summed E-state index contributed by atoms with van der Waals surface area (Å²) in [6, 6.07) is 2.86. The molecule has 1 aromatic rings. The van der Waals surface area contributed by atoms with Crippen LogP contribution >= 0.6 is 38.5 Å². The van der Waals surface area contributed by atoms with Crippen molar-refractivity contribution < 1.29 is 10.0 Å². The van der Waals surface area contributed by atoms with Gasteiger partial charge < -0.3 is 5.11 Å². The van der Waals surface area contributed by atoms with Gasteiger partial charge in [0.05, 0.1) is 8.49 Å². The van der Waals surface area contributed by atoms with Gasteiger partial charge in [-0.25, -0.2) is 0 Å². The number of hydrogen-bond acceptors (Lipinski definition) is 3. The number of phenols is 1. The van der Waals surface area contributed by atoms with E-state index in [1.165, 1.54) is 6.07 Å². The van der Waals surface area contributed by atoms with Gasteiger partial charge in [0.25, 0.3) is 0 Å². The second kappa shape index (κ2) is 3.56. The van der Waals surface area contributed by atoms with Crippen LogP contribution in [0.25, 0.3) is 0 Å². The Morgan fingerprint density at radius 1 is 1.58 bits per heavy atom. The second-order valence-corrected chi connectivity index (χ2v) is 4.09. The van der Waals surface area contributed by atoms with E-state index >= 15 is 0 Å². The first-order chi connectivity index (χ1) is 5.52. The summed E-state index contributed by atoms with van der Waals surface area (Å²) in [5.41, 5.74) is -0.284. The highest BCUT2D eigenvalue weighted by molar-refractivity contribution is 14.1. The summed E-state index contributed by atoms with van der Waals surface area (Å²) in [7, 11) is 0. The Morgan fingerprint density at radius 2 is 2.17 bits per heavy atom. The maximum Gasteiger partial charge on any atom is 0.312 e. The lowest BCUT2D eigenvalue weighted by Gasteiger charge is -1.98. The van der Waals surface area contributed by atoms with Crippen LogP contribution in [-0.4, -0.2) is 10.0 Å². The normalized spacial score (nSPS) is 9.83. The van der Waals surface area contributed by atoms with Gasteiger partial charge in [-0.05, 0) is 28.7 Å². The maximum atomic E-state index is 10.3.